The largest absolute Gasteiger partial charge is 0.384 e. The molecule has 0 fully saturated rings. The van der Waals surface area contributed by atoms with Gasteiger partial charge in [-0.2, -0.15) is 0 Å². The Morgan fingerprint density at radius 2 is 2.06 bits per heavy atom. The maximum Gasteiger partial charge on any atom is 0.132 e. The molecule has 0 atom stereocenters. The van der Waals surface area contributed by atoms with Crippen molar-refractivity contribution in [3.8, 4) is 0 Å². The first-order valence-electron chi connectivity index (χ1n) is 5.79. The van der Waals surface area contributed by atoms with Crippen molar-refractivity contribution in [1.82, 2.24) is 9.97 Å². The van der Waals surface area contributed by atoms with Crippen molar-refractivity contribution in [2.24, 2.45) is 0 Å². The first kappa shape index (κ1) is 12.6. The number of halogens is 1. The quantitative estimate of drug-likeness (QED) is 0.889. The van der Waals surface area contributed by atoms with E-state index in [1.165, 1.54) is 0 Å². The van der Waals surface area contributed by atoms with Crippen molar-refractivity contribution < 1.29 is 0 Å². The molecule has 0 unspecified atom stereocenters. The lowest BCUT2D eigenvalue weighted by atomic mass is 10.2. The van der Waals surface area contributed by atoms with Gasteiger partial charge < -0.3 is 11.1 Å². The van der Waals surface area contributed by atoms with Crippen LogP contribution in [-0.2, 0) is 13.0 Å². The van der Waals surface area contributed by atoms with Crippen LogP contribution in [0.4, 0.5) is 11.6 Å². The Morgan fingerprint density at radius 3 is 2.78 bits per heavy atom. The molecule has 0 saturated carbocycles. The minimum Gasteiger partial charge on any atom is -0.384 e. The van der Waals surface area contributed by atoms with Gasteiger partial charge in [-0.05, 0) is 11.6 Å². The van der Waals surface area contributed by atoms with Crippen molar-refractivity contribution in [2.75, 3.05) is 11.1 Å². The molecule has 1 aromatic carbocycles. The van der Waals surface area contributed by atoms with Gasteiger partial charge in [0, 0.05) is 24.1 Å². The third-order valence-electron chi connectivity index (χ3n) is 2.53. The number of anilines is 2. The summed E-state index contributed by atoms with van der Waals surface area (Å²) in [5.74, 6) is 1.93. The second-order valence-electron chi connectivity index (χ2n) is 3.89. The molecular weight excluding hydrogens is 248 g/mol. The zero-order valence-corrected chi connectivity index (χ0v) is 10.9. The van der Waals surface area contributed by atoms with Crippen LogP contribution in [0.15, 0.2) is 30.3 Å². The van der Waals surface area contributed by atoms with E-state index in [1.54, 1.807) is 6.07 Å². The van der Waals surface area contributed by atoms with E-state index in [2.05, 4.69) is 15.3 Å². The van der Waals surface area contributed by atoms with Crippen LogP contribution in [0.3, 0.4) is 0 Å². The molecule has 94 valence electrons. The molecule has 1 aromatic heterocycles. The molecule has 0 bridgehead atoms. The van der Waals surface area contributed by atoms with Crippen LogP contribution < -0.4 is 11.1 Å². The Labute approximate surface area is 111 Å². The minimum absolute atomic E-state index is 0.475. The Morgan fingerprint density at radius 1 is 1.28 bits per heavy atom. The molecule has 0 amide bonds. The van der Waals surface area contributed by atoms with Gasteiger partial charge in [-0.15, -0.1) is 0 Å². The van der Waals surface area contributed by atoms with E-state index in [1.807, 2.05) is 31.2 Å². The van der Waals surface area contributed by atoms with Crippen LogP contribution in [0, 0.1) is 0 Å². The molecule has 2 aromatic rings. The normalized spacial score (nSPS) is 10.3. The second-order valence-corrected chi connectivity index (χ2v) is 4.30. The van der Waals surface area contributed by atoms with Gasteiger partial charge in [0.2, 0.25) is 0 Å². The molecular formula is C13H15ClN4. The first-order valence-corrected chi connectivity index (χ1v) is 6.17. The Kier molecular flexibility index (Phi) is 3.99. The molecule has 2 rings (SSSR count). The lowest BCUT2D eigenvalue weighted by molar-refractivity contribution is 0.938. The average molecular weight is 263 g/mol. The number of hydrogen-bond donors (Lipinski definition) is 2. The zero-order valence-electron chi connectivity index (χ0n) is 10.2. The van der Waals surface area contributed by atoms with Crippen molar-refractivity contribution in [2.45, 2.75) is 19.9 Å². The van der Waals surface area contributed by atoms with Crippen molar-refractivity contribution in [3.63, 3.8) is 0 Å². The third kappa shape index (κ3) is 3.11. The lowest BCUT2D eigenvalue weighted by Gasteiger charge is -2.08. The zero-order chi connectivity index (χ0) is 13.0. The molecule has 18 heavy (non-hydrogen) atoms. The summed E-state index contributed by atoms with van der Waals surface area (Å²) in [6, 6.07) is 9.42. The molecule has 5 heteroatoms. The summed E-state index contributed by atoms with van der Waals surface area (Å²) in [5, 5.41) is 3.94. The fourth-order valence-electron chi connectivity index (χ4n) is 1.59. The van der Waals surface area contributed by atoms with Gasteiger partial charge in [0.1, 0.15) is 17.5 Å². The van der Waals surface area contributed by atoms with Crippen LogP contribution in [0.25, 0.3) is 0 Å². The molecule has 0 aliphatic rings. The van der Waals surface area contributed by atoms with Crippen LogP contribution in [0.1, 0.15) is 18.3 Å². The fraction of sp³-hybridized carbons (Fsp3) is 0.231. The Hall–Kier alpha value is -1.81. The highest BCUT2D eigenvalue weighted by Crippen LogP contribution is 2.17. The summed E-state index contributed by atoms with van der Waals surface area (Å²) >= 11 is 6.08. The number of aromatic nitrogens is 2. The standard InChI is InChI=1S/C13H15ClN4/c1-2-12-17-11(15)7-13(18-12)16-8-9-5-3-4-6-10(9)14/h3-7H,2,8H2,1H3,(H3,15,16,17,18). The monoisotopic (exact) mass is 262 g/mol. The summed E-state index contributed by atoms with van der Waals surface area (Å²) in [7, 11) is 0. The predicted octanol–water partition coefficient (Wildman–Crippen LogP) is 2.89. The number of nitrogen functional groups attached to an aromatic ring is 1. The van der Waals surface area contributed by atoms with Crippen LogP contribution >= 0.6 is 11.6 Å². The number of nitrogens with zero attached hydrogens (tertiary/aromatic N) is 2. The fourth-order valence-corrected chi connectivity index (χ4v) is 1.80. The smallest absolute Gasteiger partial charge is 0.132 e. The van der Waals surface area contributed by atoms with Crippen molar-refractivity contribution >= 4 is 23.2 Å². The second kappa shape index (κ2) is 5.69. The lowest BCUT2D eigenvalue weighted by Crippen LogP contribution is -2.06. The summed E-state index contributed by atoms with van der Waals surface area (Å²) in [4.78, 5) is 8.48. The minimum atomic E-state index is 0.475. The van der Waals surface area contributed by atoms with Gasteiger partial charge in [0.25, 0.3) is 0 Å². The summed E-state index contributed by atoms with van der Waals surface area (Å²) in [6.07, 6.45) is 0.756. The molecule has 0 radical (unpaired) electrons. The van der Waals surface area contributed by atoms with Gasteiger partial charge in [0.15, 0.2) is 0 Å². The van der Waals surface area contributed by atoms with Crippen molar-refractivity contribution in [3.05, 3.63) is 46.7 Å². The van der Waals surface area contributed by atoms with E-state index in [4.69, 9.17) is 17.3 Å². The molecule has 0 saturated heterocycles. The van der Waals surface area contributed by atoms with Crippen LogP contribution in [0.5, 0.6) is 0 Å². The van der Waals surface area contributed by atoms with Crippen molar-refractivity contribution in [1.29, 1.82) is 0 Å². The molecule has 4 nitrogen and oxygen atoms in total. The third-order valence-corrected chi connectivity index (χ3v) is 2.90. The Bertz CT molecular complexity index is 542. The highest BCUT2D eigenvalue weighted by Gasteiger charge is 2.02. The van der Waals surface area contributed by atoms with Crippen LogP contribution in [0.2, 0.25) is 5.02 Å². The molecule has 3 N–H and O–H groups in total. The van der Waals surface area contributed by atoms with Gasteiger partial charge in [0.05, 0.1) is 0 Å². The van der Waals surface area contributed by atoms with E-state index in [0.29, 0.717) is 12.4 Å². The van der Waals surface area contributed by atoms with Crippen LogP contribution in [-0.4, -0.2) is 9.97 Å². The highest BCUT2D eigenvalue weighted by atomic mass is 35.5. The number of rotatable bonds is 4. The summed E-state index contributed by atoms with van der Waals surface area (Å²) in [5.41, 5.74) is 6.74. The number of hydrogen-bond acceptors (Lipinski definition) is 4. The van der Waals surface area contributed by atoms with E-state index < -0.39 is 0 Å². The average Bonchev–Trinajstić information content (AvgIpc) is 2.37. The number of benzene rings is 1. The SMILES string of the molecule is CCc1nc(N)cc(NCc2ccccc2Cl)n1. The number of nitrogens with one attached hydrogen (secondary N) is 1. The Balaban J connectivity index is 2.11. The number of aryl methyl sites for hydroxylation is 1. The number of nitrogens with two attached hydrogens (primary N) is 1. The van der Waals surface area contributed by atoms with E-state index in [0.717, 1.165) is 28.6 Å². The van der Waals surface area contributed by atoms with Gasteiger partial charge >= 0.3 is 0 Å². The maximum atomic E-state index is 6.08. The van der Waals surface area contributed by atoms with E-state index >= 15 is 0 Å². The predicted molar refractivity (Wildman–Crippen MR) is 74.6 cm³/mol. The van der Waals surface area contributed by atoms with E-state index in [9.17, 15) is 0 Å². The molecule has 0 aliphatic carbocycles. The summed E-state index contributed by atoms with van der Waals surface area (Å²) in [6.45, 7) is 2.60. The van der Waals surface area contributed by atoms with E-state index in [-0.39, 0.29) is 0 Å². The maximum absolute atomic E-state index is 6.08. The van der Waals surface area contributed by atoms with Gasteiger partial charge in [-0.1, -0.05) is 36.7 Å². The molecule has 0 aliphatic heterocycles. The topological polar surface area (TPSA) is 63.8 Å². The first-order chi connectivity index (χ1) is 8.69. The van der Waals surface area contributed by atoms with Gasteiger partial charge in [-0.25, -0.2) is 9.97 Å². The molecule has 0 spiro atoms. The summed E-state index contributed by atoms with van der Waals surface area (Å²) < 4.78 is 0. The highest BCUT2D eigenvalue weighted by molar-refractivity contribution is 6.31. The van der Waals surface area contributed by atoms with Gasteiger partial charge in [-0.3, -0.25) is 0 Å². The molecule has 1 heterocycles.